The highest BCUT2D eigenvalue weighted by Gasteiger charge is 2.32. The molecule has 1 aliphatic heterocycles. The first-order valence-electron chi connectivity index (χ1n) is 10.6. The van der Waals surface area contributed by atoms with E-state index < -0.39 is 15.8 Å². The van der Waals surface area contributed by atoms with Gasteiger partial charge in [0.2, 0.25) is 0 Å². The van der Waals surface area contributed by atoms with Gasteiger partial charge in [-0.3, -0.25) is 4.79 Å². The SMILES string of the molecule is COCCn1c(=NC(=O)C2c3ccccc3Oc3ccccc32)sc2cc(S(C)(=O)=O)ccc21. The smallest absolute Gasteiger partial charge is 0.260 e. The van der Waals surface area contributed by atoms with Gasteiger partial charge in [0.25, 0.3) is 5.91 Å². The Bertz CT molecular complexity index is 1540. The quantitative estimate of drug-likeness (QED) is 0.417. The highest BCUT2D eigenvalue weighted by atomic mass is 32.2. The number of fused-ring (bicyclic) bond motifs is 3. The van der Waals surface area contributed by atoms with Crippen molar-refractivity contribution in [3.05, 3.63) is 82.7 Å². The van der Waals surface area contributed by atoms with E-state index in [0.717, 1.165) is 21.3 Å². The summed E-state index contributed by atoms with van der Waals surface area (Å²) in [5, 5.41) is 0. The number of amides is 1. The molecule has 0 saturated carbocycles. The molecule has 174 valence electrons. The molecule has 34 heavy (non-hydrogen) atoms. The Hall–Kier alpha value is -3.27. The van der Waals surface area contributed by atoms with Crippen LogP contribution in [0.15, 0.2) is 76.6 Å². The van der Waals surface area contributed by atoms with Gasteiger partial charge in [-0.15, -0.1) is 0 Å². The number of ether oxygens (including phenoxy) is 2. The van der Waals surface area contributed by atoms with Crippen molar-refractivity contribution in [3.8, 4) is 11.5 Å². The monoisotopic (exact) mass is 494 g/mol. The lowest BCUT2D eigenvalue weighted by molar-refractivity contribution is -0.118. The third kappa shape index (κ3) is 4.06. The maximum Gasteiger partial charge on any atom is 0.260 e. The standard InChI is InChI=1S/C25H22N2O5S2/c1-31-14-13-27-19-12-11-16(34(2,29)30)15-22(19)33-25(27)26-24(28)23-17-7-3-5-9-20(17)32-21-10-6-4-8-18(21)23/h3-12,15,23H,13-14H2,1-2H3. The van der Waals surface area contributed by atoms with Gasteiger partial charge in [-0.2, -0.15) is 4.99 Å². The minimum absolute atomic E-state index is 0.227. The van der Waals surface area contributed by atoms with Crippen LogP contribution in [0.5, 0.6) is 11.5 Å². The zero-order valence-electron chi connectivity index (χ0n) is 18.6. The van der Waals surface area contributed by atoms with Gasteiger partial charge in [-0.25, -0.2) is 8.42 Å². The fourth-order valence-corrected chi connectivity index (χ4v) is 5.93. The fraction of sp³-hybridized carbons (Fsp3) is 0.200. The fourth-order valence-electron chi connectivity index (χ4n) is 4.10. The number of sulfone groups is 1. The number of carbonyl (C=O) groups is 1. The van der Waals surface area contributed by atoms with Gasteiger partial charge in [0.1, 0.15) is 11.5 Å². The molecule has 0 unspecified atom stereocenters. The van der Waals surface area contributed by atoms with Gasteiger partial charge in [0.15, 0.2) is 14.6 Å². The lowest BCUT2D eigenvalue weighted by Gasteiger charge is -2.25. The predicted octanol–water partition coefficient (Wildman–Crippen LogP) is 4.12. The van der Waals surface area contributed by atoms with E-state index in [9.17, 15) is 13.2 Å². The molecule has 0 saturated heterocycles. The first kappa shape index (κ1) is 22.5. The van der Waals surface area contributed by atoms with Crippen LogP contribution in [-0.2, 0) is 25.9 Å². The van der Waals surface area contributed by atoms with Crippen molar-refractivity contribution < 1.29 is 22.7 Å². The Balaban J connectivity index is 1.67. The molecule has 0 N–H and O–H groups in total. The Labute approximate surface area is 200 Å². The minimum atomic E-state index is -3.36. The van der Waals surface area contributed by atoms with Crippen LogP contribution in [0.3, 0.4) is 0 Å². The molecule has 1 aliphatic rings. The number of aromatic nitrogens is 1. The van der Waals surface area contributed by atoms with Crippen LogP contribution < -0.4 is 9.54 Å². The normalized spacial score (nSPS) is 14.0. The zero-order valence-corrected chi connectivity index (χ0v) is 20.2. The number of para-hydroxylation sites is 2. The average molecular weight is 495 g/mol. The number of methoxy groups -OCH3 is 1. The van der Waals surface area contributed by atoms with Gasteiger partial charge >= 0.3 is 0 Å². The van der Waals surface area contributed by atoms with E-state index in [1.54, 1.807) is 25.3 Å². The van der Waals surface area contributed by atoms with Gasteiger partial charge in [0.05, 0.1) is 27.6 Å². The van der Waals surface area contributed by atoms with E-state index >= 15 is 0 Å². The van der Waals surface area contributed by atoms with Crippen LogP contribution in [0.4, 0.5) is 0 Å². The molecule has 0 fully saturated rings. The molecule has 1 aromatic heterocycles. The third-order valence-electron chi connectivity index (χ3n) is 5.73. The molecule has 3 aromatic carbocycles. The lowest BCUT2D eigenvalue weighted by Crippen LogP contribution is -2.23. The van der Waals surface area contributed by atoms with Gasteiger partial charge in [-0.1, -0.05) is 47.7 Å². The van der Waals surface area contributed by atoms with Crippen molar-refractivity contribution in [2.75, 3.05) is 20.0 Å². The number of carbonyl (C=O) groups excluding carboxylic acids is 1. The summed E-state index contributed by atoms with van der Waals surface area (Å²) >= 11 is 1.28. The number of nitrogens with zero attached hydrogens (tertiary/aromatic N) is 2. The molecule has 7 nitrogen and oxygen atoms in total. The topological polar surface area (TPSA) is 87.0 Å². The summed E-state index contributed by atoms with van der Waals surface area (Å²) in [4.78, 5) is 18.9. The van der Waals surface area contributed by atoms with E-state index in [-0.39, 0.29) is 10.8 Å². The second-order valence-corrected chi connectivity index (χ2v) is 11.0. The lowest BCUT2D eigenvalue weighted by atomic mass is 9.87. The maximum atomic E-state index is 13.7. The Morgan fingerprint density at radius 3 is 2.32 bits per heavy atom. The van der Waals surface area contributed by atoms with Crippen LogP contribution in [-0.4, -0.2) is 38.9 Å². The maximum absolute atomic E-state index is 13.7. The number of rotatable bonds is 5. The second-order valence-electron chi connectivity index (χ2n) is 7.99. The average Bonchev–Trinajstić information content (AvgIpc) is 3.16. The summed E-state index contributed by atoms with van der Waals surface area (Å²) in [5.41, 5.74) is 2.33. The number of thiazole rings is 1. The van der Waals surface area contributed by atoms with Crippen LogP contribution in [0.1, 0.15) is 17.0 Å². The van der Waals surface area contributed by atoms with Crippen LogP contribution in [0.2, 0.25) is 0 Å². The Morgan fingerprint density at radius 1 is 1.06 bits per heavy atom. The highest BCUT2D eigenvalue weighted by molar-refractivity contribution is 7.90. The second kappa shape index (κ2) is 8.83. The van der Waals surface area contributed by atoms with Crippen molar-refractivity contribution in [1.29, 1.82) is 0 Å². The summed E-state index contributed by atoms with van der Waals surface area (Å²) in [6.07, 6.45) is 1.18. The van der Waals surface area contributed by atoms with Crippen molar-refractivity contribution in [2.45, 2.75) is 17.4 Å². The summed E-state index contributed by atoms with van der Waals surface area (Å²) in [6, 6.07) is 19.9. The number of hydrogen-bond donors (Lipinski definition) is 0. The van der Waals surface area contributed by atoms with Crippen molar-refractivity contribution >= 4 is 37.3 Å². The first-order chi connectivity index (χ1) is 16.4. The molecular weight excluding hydrogens is 472 g/mol. The molecule has 0 bridgehead atoms. The summed E-state index contributed by atoms with van der Waals surface area (Å²) < 4.78 is 38.0. The van der Waals surface area contributed by atoms with Gasteiger partial charge in [0, 0.05) is 31.0 Å². The molecule has 4 aromatic rings. The van der Waals surface area contributed by atoms with Crippen LogP contribution in [0, 0.1) is 0 Å². The molecule has 0 aliphatic carbocycles. The molecule has 5 rings (SSSR count). The summed E-state index contributed by atoms with van der Waals surface area (Å²) in [6.45, 7) is 0.895. The number of hydrogen-bond acceptors (Lipinski definition) is 6. The summed E-state index contributed by atoms with van der Waals surface area (Å²) in [7, 11) is -1.75. The molecule has 0 atom stereocenters. The van der Waals surface area contributed by atoms with Crippen molar-refractivity contribution in [2.24, 2.45) is 4.99 Å². The van der Waals surface area contributed by atoms with E-state index in [1.165, 1.54) is 17.6 Å². The molecule has 0 spiro atoms. The van der Waals surface area contributed by atoms with E-state index in [1.807, 2.05) is 53.1 Å². The Morgan fingerprint density at radius 2 is 1.71 bits per heavy atom. The third-order valence-corrected chi connectivity index (χ3v) is 7.89. The predicted molar refractivity (Wildman–Crippen MR) is 130 cm³/mol. The first-order valence-corrected chi connectivity index (χ1v) is 13.3. The molecule has 1 amide bonds. The van der Waals surface area contributed by atoms with Crippen LogP contribution in [0.25, 0.3) is 10.2 Å². The molecule has 9 heteroatoms. The molecule has 2 heterocycles. The molecular formula is C25H22N2O5S2. The zero-order chi connectivity index (χ0) is 23.9. The van der Waals surface area contributed by atoms with Crippen LogP contribution >= 0.6 is 11.3 Å². The van der Waals surface area contributed by atoms with E-state index in [0.29, 0.717) is 29.5 Å². The van der Waals surface area contributed by atoms with Crippen molar-refractivity contribution in [1.82, 2.24) is 4.57 Å². The van der Waals surface area contributed by atoms with E-state index in [4.69, 9.17) is 9.47 Å². The summed E-state index contributed by atoms with van der Waals surface area (Å²) in [5.74, 6) is 0.352. The van der Waals surface area contributed by atoms with E-state index in [2.05, 4.69) is 4.99 Å². The molecule has 0 radical (unpaired) electrons. The Kier molecular flexibility index (Phi) is 5.85. The van der Waals surface area contributed by atoms with Crippen molar-refractivity contribution in [3.63, 3.8) is 0 Å². The van der Waals surface area contributed by atoms with Gasteiger partial charge in [-0.05, 0) is 30.3 Å². The largest absolute Gasteiger partial charge is 0.457 e. The van der Waals surface area contributed by atoms with Gasteiger partial charge < -0.3 is 14.0 Å². The minimum Gasteiger partial charge on any atom is -0.457 e. The number of benzene rings is 3. The highest BCUT2D eigenvalue weighted by Crippen LogP contribution is 2.44.